The fourth-order valence-electron chi connectivity index (χ4n) is 2.66. The first-order valence-electron chi connectivity index (χ1n) is 8.26. The molecular weight excluding hydrogens is 455 g/mol. The van der Waals surface area contributed by atoms with E-state index < -0.39 is 0 Å². The van der Waals surface area contributed by atoms with E-state index in [1.807, 2.05) is 31.2 Å². The van der Waals surface area contributed by atoms with Gasteiger partial charge in [-0.05, 0) is 25.0 Å². The van der Waals surface area contributed by atoms with E-state index in [-0.39, 0.29) is 30.1 Å². The molecule has 0 radical (unpaired) electrons. The van der Waals surface area contributed by atoms with Crippen LogP contribution in [0.1, 0.15) is 12.5 Å². The van der Waals surface area contributed by atoms with Crippen molar-refractivity contribution in [1.82, 2.24) is 15.1 Å². The van der Waals surface area contributed by atoms with Crippen LogP contribution in [-0.2, 0) is 11.2 Å². The standard InChI is InChI=1S/C17H25ClN4O2.HI/c1-3-24-17(23)22-12-10-21(11-13-22)16(19-2)20-9-8-14-6-4-5-7-15(14)18;/h4-7H,3,8-13H2,1-2H3,(H,19,20);1H. The van der Waals surface area contributed by atoms with Crippen LogP contribution in [0.3, 0.4) is 0 Å². The van der Waals surface area contributed by atoms with Crippen LogP contribution >= 0.6 is 35.6 Å². The Morgan fingerprint density at radius 2 is 1.88 bits per heavy atom. The SMILES string of the molecule is CCOC(=O)N1CCN(C(=NC)NCCc2ccccc2Cl)CC1.I. The Labute approximate surface area is 171 Å². The van der Waals surface area contributed by atoms with Gasteiger partial charge in [0.05, 0.1) is 6.61 Å². The summed E-state index contributed by atoms with van der Waals surface area (Å²) in [5, 5.41) is 4.16. The molecule has 2 rings (SSSR count). The first-order chi connectivity index (χ1) is 11.7. The van der Waals surface area contributed by atoms with Crippen molar-refractivity contribution in [3.63, 3.8) is 0 Å². The molecule has 25 heavy (non-hydrogen) atoms. The summed E-state index contributed by atoms with van der Waals surface area (Å²) in [6.07, 6.45) is 0.598. The molecule has 1 aliphatic rings. The van der Waals surface area contributed by atoms with Crippen molar-refractivity contribution in [2.75, 3.05) is 46.4 Å². The smallest absolute Gasteiger partial charge is 0.409 e. The third kappa shape index (κ3) is 6.54. The van der Waals surface area contributed by atoms with Gasteiger partial charge >= 0.3 is 6.09 Å². The minimum atomic E-state index is -0.237. The lowest BCUT2D eigenvalue weighted by Gasteiger charge is -2.35. The van der Waals surface area contributed by atoms with E-state index in [9.17, 15) is 4.79 Å². The fraction of sp³-hybridized carbons (Fsp3) is 0.529. The lowest BCUT2D eigenvalue weighted by molar-refractivity contribution is 0.0915. The summed E-state index contributed by atoms with van der Waals surface area (Å²) in [6, 6.07) is 7.86. The second-order valence-corrected chi connectivity index (χ2v) is 5.90. The van der Waals surface area contributed by atoms with Crippen molar-refractivity contribution in [1.29, 1.82) is 0 Å². The molecule has 1 aliphatic heterocycles. The van der Waals surface area contributed by atoms with Gasteiger partial charge < -0.3 is 19.9 Å². The lowest BCUT2D eigenvalue weighted by atomic mass is 10.1. The van der Waals surface area contributed by atoms with Gasteiger partial charge in [-0.2, -0.15) is 0 Å². The minimum Gasteiger partial charge on any atom is -0.450 e. The Balaban J connectivity index is 0.00000312. The third-order valence-corrected chi connectivity index (χ3v) is 4.32. The molecule has 1 aromatic carbocycles. The van der Waals surface area contributed by atoms with E-state index in [2.05, 4.69) is 15.2 Å². The predicted molar refractivity (Wildman–Crippen MR) is 112 cm³/mol. The number of rotatable bonds is 4. The zero-order valence-electron chi connectivity index (χ0n) is 14.7. The van der Waals surface area contributed by atoms with Crippen molar-refractivity contribution >= 4 is 47.6 Å². The maximum absolute atomic E-state index is 11.7. The number of guanidine groups is 1. The molecular formula is C17H26ClIN4O2. The molecule has 1 heterocycles. The van der Waals surface area contributed by atoms with E-state index in [4.69, 9.17) is 16.3 Å². The molecule has 1 N–H and O–H groups in total. The Morgan fingerprint density at radius 1 is 1.24 bits per heavy atom. The topological polar surface area (TPSA) is 57.2 Å². The number of nitrogens with zero attached hydrogens (tertiary/aromatic N) is 3. The number of ether oxygens (including phenoxy) is 1. The number of amides is 1. The lowest BCUT2D eigenvalue weighted by Crippen LogP contribution is -2.54. The second-order valence-electron chi connectivity index (χ2n) is 5.49. The molecule has 0 atom stereocenters. The van der Waals surface area contributed by atoms with Crippen LogP contribution < -0.4 is 5.32 Å². The van der Waals surface area contributed by atoms with Gasteiger partial charge in [-0.25, -0.2) is 4.79 Å². The summed E-state index contributed by atoms with van der Waals surface area (Å²) in [7, 11) is 1.77. The molecule has 1 aromatic rings. The zero-order valence-corrected chi connectivity index (χ0v) is 17.8. The molecule has 1 amide bonds. The van der Waals surface area contributed by atoms with Crippen molar-refractivity contribution in [2.45, 2.75) is 13.3 Å². The van der Waals surface area contributed by atoms with Crippen LogP contribution in [0.25, 0.3) is 0 Å². The van der Waals surface area contributed by atoms with Crippen molar-refractivity contribution in [2.24, 2.45) is 4.99 Å². The summed E-state index contributed by atoms with van der Waals surface area (Å²) in [4.78, 5) is 20.0. The molecule has 8 heteroatoms. The summed E-state index contributed by atoms with van der Waals surface area (Å²) in [5.74, 6) is 0.852. The molecule has 0 bridgehead atoms. The highest BCUT2D eigenvalue weighted by atomic mass is 127. The average Bonchev–Trinajstić information content (AvgIpc) is 2.61. The Morgan fingerprint density at radius 3 is 2.48 bits per heavy atom. The number of benzene rings is 1. The number of halogens is 2. The van der Waals surface area contributed by atoms with Gasteiger partial charge in [0.1, 0.15) is 0 Å². The minimum absolute atomic E-state index is 0. The Kier molecular flexibility index (Phi) is 9.96. The average molecular weight is 481 g/mol. The highest BCUT2D eigenvalue weighted by Crippen LogP contribution is 2.14. The number of carbonyl (C=O) groups is 1. The summed E-state index contributed by atoms with van der Waals surface area (Å²) in [6.45, 7) is 5.75. The van der Waals surface area contributed by atoms with E-state index in [0.29, 0.717) is 19.7 Å². The maximum Gasteiger partial charge on any atom is 0.409 e. The quantitative estimate of drug-likeness (QED) is 0.409. The maximum atomic E-state index is 11.7. The van der Waals surface area contributed by atoms with Crippen LogP contribution in [0.15, 0.2) is 29.3 Å². The summed E-state index contributed by atoms with van der Waals surface area (Å²) in [5.41, 5.74) is 1.12. The van der Waals surface area contributed by atoms with E-state index in [0.717, 1.165) is 42.6 Å². The molecule has 140 valence electrons. The van der Waals surface area contributed by atoms with Crippen LogP contribution in [0.2, 0.25) is 5.02 Å². The largest absolute Gasteiger partial charge is 0.450 e. The molecule has 0 unspecified atom stereocenters. The first kappa shape index (κ1) is 21.8. The monoisotopic (exact) mass is 480 g/mol. The van der Waals surface area contributed by atoms with Gasteiger partial charge in [-0.3, -0.25) is 4.99 Å². The van der Waals surface area contributed by atoms with Crippen LogP contribution in [-0.4, -0.2) is 68.2 Å². The number of piperazine rings is 1. The van der Waals surface area contributed by atoms with Gasteiger partial charge in [-0.15, -0.1) is 24.0 Å². The molecule has 1 fully saturated rings. The number of nitrogens with one attached hydrogen (secondary N) is 1. The molecule has 0 aliphatic carbocycles. The van der Waals surface area contributed by atoms with Gasteiger partial charge in [0.25, 0.3) is 0 Å². The van der Waals surface area contributed by atoms with E-state index in [1.54, 1.807) is 11.9 Å². The highest BCUT2D eigenvalue weighted by Gasteiger charge is 2.23. The van der Waals surface area contributed by atoms with Crippen LogP contribution in [0.5, 0.6) is 0 Å². The van der Waals surface area contributed by atoms with Gasteiger partial charge in [0.2, 0.25) is 0 Å². The molecule has 0 saturated carbocycles. The van der Waals surface area contributed by atoms with Crippen molar-refractivity contribution in [3.8, 4) is 0 Å². The van der Waals surface area contributed by atoms with E-state index >= 15 is 0 Å². The van der Waals surface area contributed by atoms with Crippen molar-refractivity contribution < 1.29 is 9.53 Å². The predicted octanol–water partition coefficient (Wildman–Crippen LogP) is 2.85. The third-order valence-electron chi connectivity index (χ3n) is 3.95. The normalized spacial score (nSPS) is 14.8. The van der Waals surface area contributed by atoms with Crippen LogP contribution in [0.4, 0.5) is 4.79 Å². The molecule has 0 spiro atoms. The zero-order chi connectivity index (χ0) is 17.4. The number of hydrogen-bond acceptors (Lipinski definition) is 3. The summed E-state index contributed by atoms with van der Waals surface area (Å²) >= 11 is 6.18. The van der Waals surface area contributed by atoms with Crippen molar-refractivity contribution in [3.05, 3.63) is 34.9 Å². The van der Waals surface area contributed by atoms with E-state index in [1.165, 1.54) is 0 Å². The highest BCUT2D eigenvalue weighted by molar-refractivity contribution is 14.0. The van der Waals surface area contributed by atoms with Gasteiger partial charge in [-0.1, -0.05) is 29.8 Å². The molecule has 6 nitrogen and oxygen atoms in total. The Hall–Kier alpha value is -1.22. The first-order valence-corrected chi connectivity index (χ1v) is 8.64. The van der Waals surface area contributed by atoms with Gasteiger partial charge in [0, 0.05) is 44.8 Å². The number of carbonyl (C=O) groups excluding carboxylic acids is 1. The van der Waals surface area contributed by atoms with Gasteiger partial charge in [0.15, 0.2) is 5.96 Å². The molecule has 1 saturated heterocycles. The van der Waals surface area contributed by atoms with Crippen LogP contribution in [0, 0.1) is 0 Å². The summed E-state index contributed by atoms with van der Waals surface area (Å²) < 4.78 is 5.04. The fourth-order valence-corrected chi connectivity index (χ4v) is 2.89. The molecule has 0 aromatic heterocycles. The Bertz CT molecular complexity index is 578. The second kappa shape index (κ2) is 11.4. The number of aliphatic imine (C=N–C) groups is 1. The number of hydrogen-bond donors (Lipinski definition) is 1.